The molecule has 0 atom stereocenters. The van der Waals surface area contributed by atoms with Crippen molar-refractivity contribution in [2.24, 2.45) is 0 Å². The molecule has 37 heavy (non-hydrogen) atoms. The molecule has 0 aromatic carbocycles. The van der Waals surface area contributed by atoms with E-state index in [9.17, 15) is 9.59 Å². The molecule has 0 heterocycles. The van der Waals surface area contributed by atoms with Crippen LogP contribution in [-0.4, -0.2) is 55.2 Å². The van der Waals surface area contributed by atoms with Crippen molar-refractivity contribution in [1.29, 1.82) is 0 Å². The van der Waals surface area contributed by atoms with Crippen molar-refractivity contribution < 1.29 is 15.7 Å². The summed E-state index contributed by atoms with van der Waals surface area (Å²) in [5.74, 6) is 0.322. The predicted molar refractivity (Wildman–Crippen MR) is 168 cm³/mol. The molecule has 4 nitrogen and oxygen atoms in total. The molecule has 0 N–H and O–H groups in total. The first-order valence-corrected chi connectivity index (χ1v) is 24.6. The molecular weight excluding hydrogens is 607 g/mol. The van der Waals surface area contributed by atoms with E-state index in [2.05, 4.69) is 13.8 Å². The molecule has 0 saturated carbocycles. The Morgan fingerprint density at radius 1 is 0.486 bits per heavy atom. The van der Waals surface area contributed by atoms with Gasteiger partial charge in [0.05, 0.1) is 0 Å². The van der Waals surface area contributed by atoms with Gasteiger partial charge in [-0.2, -0.15) is 0 Å². The Morgan fingerprint density at radius 2 is 0.757 bits per heavy atom. The quantitative estimate of drug-likeness (QED) is 0.0612. The van der Waals surface area contributed by atoms with Crippen LogP contribution in [0.2, 0.25) is 8.87 Å². The van der Waals surface area contributed by atoms with Crippen LogP contribution in [0.4, 0.5) is 0 Å². The van der Waals surface area contributed by atoms with Gasteiger partial charge in [-0.05, 0) is 0 Å². The normalized spacial score (nSPS) is 11.6. The molecule has 0 bridgehead atoms. The number of hydrogen-bond acceptors (Lipinski definition) is 6. The van der Waals surface area contributed by atoms with Crippen molar-refractivity contribution >= 4 is 54.7 Å². The van der Waals surface area contributed by atoms with E-state index in [1.165, 1.54) is 126 Å². The zero-order chi connectivity index (χ0) is 27.5. The Hall–Kier alpha value is 0.439. The summed E-state index contributed by atoms with van der Waals surface area (Å²) < 4.78 is 14.0. The molecule has 0 aromatic rings. The summed E-state index contributed by atoms with van der Waals surface area (Å²) >= 11 is -0.862. The van der Waals surface area contributed by atoms with Gasteiger partial charge in [0.1, 0.15) is 0 Å². The van der Waals surface area contributed by atoms with E-state index < -0.39 is 19.2 Å². The molecular formula is C30H60O4S2Sn. The van der Waals surface area contributed by atoms with Gasteiger partial charge in [0.25, 0.3) is 0 Å². The van der Waals surface area contributed by atoms with Gasteiger partial charge in [0.2, 0.25) is 0 Å². The third kappa shape index (κ3) is 24.0. The molecule has 7 heteroatoms. The standard InChI is InChI=1S/2C12H25.2C3H6O2S.Sn/c2*1-3-5-7-9-11-12-10-8-6-4-2;2*1-6-2-3(4)5;/h2*1,3-12H2,2H3;2*2H2,1H3,(H,4,5);/q;;;;+2/p-2. The zero-order valence-corrected chi connectivity index (χ0v) is 29.4. The predicted octanol–water partition coefficient (Wildman–Crippen LogP) is 10.1. The average molecular weight is 668 g/mol. The fraction of sp³-hybridized carbons (Fsp3) is 0.933. The van der Waals surface area contributed by atoms with Crippen LogP contribution in [0.25, 0.3) is 0 Å². The van der Waals surface area contributed by atoms with E-state index in [1.54, 1.807) is 0 Å². The van der Waals surface area contributed by atoms with Crippen LogP contribution in [0.3, 0.4) is 0 Å². The Morgan fingerprint density at radius 3 is 1.03 bits per heavy atom. The third-order valence-corrected chi connectivity index (χ3v) is 17.8. The Balaban J connectivity index is 4.69. The van der Waals surface area contributed by atoms with Gasteiger partial charge in [-0.15, -0.1) is 0 Å². The van der Waals surface area contributed by atoms with E-state index in [4.69, 9.17) is 6.15 Å². The summed E-state index contributed by atoms with van der Waals surface area (Å²) in [7, 11) is 0. The van der Waals surface area contributed by atoms with Crippen molar-refractivity contribution in [1.82, 2.24) is 0 Å². The second kappa shape index (κ2) is 28.0. The minimum absolute atomic E-state index is 0.181. The maximum atomic E-state index is 12.6. The number of carbonyl (C=O) groups is 2. The molecule has 0 rings (SSSR count). The number of unbranched alkanes of at least 4 members (excludes halogenated alkanes) is 18. The second-order valence-electron chi connectivity index (χ2n) is 10.6. The average Bonchev–Trinajstić information content (AvgIpc) is 2.86. The molecule has 0 amide bonds. The molecule has 0 aromatic heterocycles. The van der Waals surface area contributed by atoms with Gasteiger partial charge < -0.3 is 0 Å². The van der Waals surface area contributed by atoms with Gasteiger partial charge in [-0.3, -0.25) is 0 Å². The first-order chi connectivity index (χ1) is 18.0. The SMILES string of the molecule is CCCCCCCCCCC[CH2][Sn]([CH2]CCCCCCCCCCC)([O]C(=O)CSC)[O]C(=O)CSC. The Kier molecular flexibility index (Phi) is 28.3. The van der Waals surface area contributed by atoms with E-state index in [0.717, 1.165) is 34.6 Å². The summed E-state index contributed by atoms with van der Waals surface area (Å²) in [6.07, 6.45) is 29.3. The van der Waals surface area contributed by atoms with Crippen LogP contribution in [0, 0.1) is 0 Å². The Labute approximate surface area is 244 Å². The number of rotatable bonds is 28. The van der Waals surface area contributed by atoms with Crippen LogP contribution in [0.1, 0.15) is 142 Å². The van der Waals surface area contributed by atoms with Gasteiger partial charge in [0.15, 0.2) is 0 Å². The van der Waals surface area contributed by atoms with Crippen LogP contribution in [-0.2, 0) is 15.7 Å². The topological polar surface area (TPSA) is 52.6 Å². The van der Waals surface area contributed by atoms with Crippen LogP contribution >= 0.6 is 23.5 Å². The summed E-state index contributed by atoms with van der Waals surface area (Å²) in [6, 6.07) is 0. The fourth-order valence-corrected chi connectivity index (χ4v) is 15.3. The van der Waals surface area contributed by atoms with Crippen molar-refractivity contribution in [3.63, 3.8) is 0 Å². The van der Waals surface area contributed by atoms with Crippen molar-refractivity contribution in [2.75, 3.05) is 24.0 Å². The van der Waals surface area contributed by atoms with E-state index in [-0.39, 0.29) is 11.9 Å². The van der Waals surface area contributed by atoms with E-state index in [1.807, 2.05) is 12.5 Å². The zero-order valence-electron chi connectivity index (χ0n) is 24.9. The Bertz CT molecular complexity index is 488. The maximum absolute atomic E-state index is 12.6. The third-order valence-electron chi connectivity index (χ3n) is 6.95. The molecule has 0 fully saturated rings. The second-order valence-corrected chi connectivity index (χ2v) is 21.5. The van der Waals surface area contributed by atoms with Gasteiger partial charge in [0, 0.05) is 0 Å². The van der Waals surface area contributed by atoms with E-state index >= 15 is 0 Å². The van der Waals surface area contributed by atoms with Crippen molar-refractivity contribution in [2.45, 2.75) is 151 Å². The van der Waals surface area contributed by atoms with Gasteiger partial charge in [-0.25, -0.2) is 0 Å². The number of carbonyl (C=O) groups excluding carboxylic acids is 2. The van der Waals surface area contributed by atoms with Crippen LogP contribution < -0.4 is 0 Å². The molecule has 220 valence electrons. The number of hydrogen-bond donors (Lipinski definition) is 0. The fourth-order valence-electron chi connectivity index (χ4n) is 4.82. The molecule has 0 aliphatic heterocycles. The summed E-state index contributed by atoms with van der Waals surface area (Å²) in [6.45, 7) is 4.52. The molecule has 0 unspecified atom stereocenters. The summed E-state index contributed by atoms with van der Waals surface area (Å²) in [4.78, 5) is 25.2. The van der Waals surface area contributed by atoms with Gasteiger partial charge in [-0.1, -0.05) is 0 Å². The first-order valence-electron chi connectivity index (χ1n) is 15.4. The molecule has 0 radical (unpaired) electrons. The van der Waals surface area contributed by atoms with Crippen molar-refractivity contribution in [3.8, 4) is 0 Å². The van der Waals surface area contributed by atoms with Crippen LogP contribution in [0.15, 0.2) is 0 Å². The molecule has 0 aliphatic rings. The number of thioether (sulfide) groups is 2. The minimum atomic E-state index is -3.83. The van der Waals surface area contributed by atoms with E-state index in [0.29, 0.717) is 11.5 Å². The molecule has 0 saturated heterocycles. The summed E-state index contributed by atoms with van der Waals surface area (Å²) in [5, 5.41) is 0. The molecule has 0 spiro atoms. The monoisotopic (exact) mass is 668 g/mol. The van der Waals surface area contributed by atoms with Crippen molar-refractivity contribution in [3.05, 3.63) is 0 Å². The molecule has 0 aliphatic carbocycles. The summed E-state index contributed by atoms with van der Waals surface area (Å²) in [5.41, 5.74) is 0. The first kappa shape index (κ1) is 37.4. The van der Waals surface area contributed by atoms with Gasteiger partial charge >= 0.3 is 246 Å². The van der Waals surface area contributed by atoms with Crippen LogP contribution in [0.5, 0.6) is 0 Å².